The second-order valence-electron chi connectivity index (χ2n) is 5.98. The van der Waals surface area contributed by atoms with E-state index in [1.807, 2.05) is 31.2 Å². The molecule has 0 atom stereocenters. The van der Waals surface area contributed by atoms with E-state index in [0.717, 1.165) is 38.8 Å². The third-order valence-electron chi connectivity index (χ3n) is 4.16. The predicted molar refractivity (Wildman–Crippen MR) is 121 cm³/mol. The molecule has 0 unspecified atom stereocenters. The SMILES string of the molecule is CCN(CC)c1ccc(/C=N\NC(=O)CNc2cc(Br)c(C)c(Br)c2)cc1. The summed E-state index contributed by atoms with van der Waals surface area (Å²) in [4.78, 5) is 14.2. The molecule has 0 aliphatic carbocycles. The minimum Gasteiger partial charge on any atom is -0.376 e. The van der Waals surface area contributed by atoms with Crippen LogP contribution in [0.4, 0.5) is 11.4 Å². The van der Waals surface area contributed by atoms with Crippen molar-refractivity contribution in [2.24, 2.45) is 5.10 Å². The Labute approximate surface area is 177 Å². The Bertz CT molecular complexity index is 779. The number of benzene rings is 2. The number of hydrogen-bond donors (Lipinski definition) is 2. The number of anilines is 2. The maximum Gasteiger partial charge on any atom is 0.259 e. The molecule has 0 saturated heterocycles. The summed E-state index contributed by atoms with van der Waals surface area (Å²) in [6, 6.07) is 12.0. The van der Waals surface area contributed by atoms with Crippen molar-refractivity contribution in [2.45, 2.75) is 20.8 Å². The van der Waals surface area contributed by atoms with E-state index in [0.29, 0.717) is 0 Å². The van der Waals surface area contributed by atoms with Crippen molar-refractivity contribution in [3.05, 3.63) is 56.5 Å². The van der Waals surface area contributed by atoms with Gasteiger partial charge in [-0.3, -0.25) is 4.79 Å². The molecule has 0 bridgehead atoms. The van der Waals surface area contributed by atoms with Crippen LogP contribution in [0.2, 0.25) is 0 Å². The predicted octanol–water partition coefficient (Wildman–Crippen LogP) is 4.93. The summed E-state index contributed by atoms with van der Waals surface area (Å²) >= 11 is 7.00. The lowest BCUT2D eigenvalue weighted by molar-refractivity contribution is -0.119. The molecule has 2 aromatic carbocycles. The van der Waals surface area contributed by atoms with Crippen molar-refractivity contribution in [1.29, 1.82) is 0 Å². The standard InChI is InChI=1S/C20H24Br2N4O/c1-4-26(5-2)17-8-6-15(7-9-17)12-24-25-20(27)13-23-16-10-18(21)14(3)19(22)11-16/h6-12,23H,4-5,13H2,1-3H3,(H,25,27)/b24-12-. The summed E-state index contributed by atoms with van der Waals surface area (Å²) in [5.41, 5.74) is 6.62. The van der Waals surface area contributed by atoms with E-state index in [9.17, 15) is 4.79 Å². The third-order valence-corrected chi connectivity index (χ3v) is 5.81. The quantitative estimate of drug-likeness (QED) is 0.403. The zero-order valence-electron chi connectivity index (χ0n) is 15.7. The molecule has 5 nitrogen and oxygen atoms in total. The van der Waals surface area contributed by atoms with E-state index in [-0.39, 0.29) is 12.5 Å². The maximum absolute atomic E-state index is 11.9. The van der Waals surface area contributed by atoms with Gasteiger partial charge in [-0.1, -0.05) is 44.0 Å². The van der Waals surface area contributed by atoms with Gasteiger partial charge in [-0.05, 0) is 56.2 Å². The van der Waals surface area contributed by atoms with Gasteiger partial charge >= 0.3 is 0 Å². The summed E-state index contributed by atoms with van der Waals surface area (Å²) in [5.74, 6) is -0.209. The molecule has 2 rings (SSSR count). The fraction of sp³-hybridized carbons (Fsp3) is 0.300. The summed E-state index contributed by atoms with van der Waals surface area (Å²) in [7, 11) is 0. The van der Waals surface area contributed by atoms with E-state index >= 15 is 0 Å². The van der Waals surface area contributed by atoms with E-state index < -0.39 is 0 Å². The smallest absolute Gasteiger partial charge is 0.259 e. The molecule has 2 N–H and O–H groups in total. The lowest BCUT2D eigenvalue weighted by Gasteiger charge is -2.20. The van der Waals surface area contributed by atoms with Crippen LogP contribution >= 0.6 is 31.9 Å². The second-order valence-corrected chi connectivity index (χ2v) is 7.68. The van der Waals surface area contributed by atoms with Gasteiger partial charge in [-0.25, -0.2) is 5.43 Å². The highest BCUT2D eigenvalue weighted by atomic mass is 79.9. The molecule has 1 amide bonds. The minimum absolute atomic E-state index is 0.139. The van der Waals surface area contributed by atoms with Gasteiger partial charge in [0.05, 0.1) is 12.8 Å². The first-order valence-electron chi connectivity index (χ1n) is 8.81. The third kappa shape index (κ3) is 6.36. The van der Waals surface area contributed by atoms with Crippen molar-refractivity contribution in [1.82, 2.24) is 5.43 Å². The Hall–Kier alpha value is -1.86. The number of amides is 1. The van der Waals surface area contributed by atoms with Crippen LogP contribution < -0.4 is 15.6 Å². The molecule has 7 heteroatoms. The fourth-order valence-electron chi connectivity index (χ4n) is 2.51. The molecular formula is C20H24Br2N4O. The van der Waals surface area contributed by atoms with Crippen LogP contribution in [0, 0.1) is 6.92 Å². The lowest BCUT2D eigenvalue weighted by Crippen LogP contribution is -2.25. The highest BCUT2D eigenvalue weighted by molar-refractivity contribution is 9.11. The van der Waals surface area contributed by atoms with Gasteiger partial charge < -0.3 is 10.2 Å². The highest BCUT2D eigenvalue weighted by Crippen LogP contribution is 2.28. The van der Waals surface area contributed by atoms with Gasteiger partial charge in [-0.2, -0.15) is 5.10 Å². The molecule has 0 heterocycles. The second kappa shape index (κ2) is 10.5. The van der Waals surface area contributed by atoms with Crippen molar-refractivity contribution in [2.75, 3.05) is 29.9 Å². The van der Waals surface area contributed by atoms with Crippen LogP contribution in [0.5, 0.6) is 0 Å². The first-order valence-corrected chi connectivity index (χ1v) is 10.4. The van der Waals surface area contributed by atoms with E-state index in [2.05, 4.69) is 78.6 Å². The molecule has 2 aromatic rings. The number of rotatable bonds is 8. The fourth-order valence-corrected chi connectivity index (χ4v) is 3.69. The van der Waals surface area contributed by atoms with Crippen LogP contribution in [-0.2, 0) is 4.79 Å². The lowest BCUT2D eigenvalue weighted by atomic mass is 10.2. The largest absolute Gasteiger partial charge is 0.376 e. The maximum atomic E-state index is 11.9. The van der Waals surface area contributed by atoms with E-state index in [4.69, 9.17) is 0 Å². The summed E-state index contributed by atoms with van der Waals surface area (Å²) in [5, 5.41) is 7.10. The number of hydrazone groups is 1. The van der Waals surface area contributed by atoms with E-state index in [1.165, 1.54) is 5.69 Å². The normalized spacial score (nSPS) is 10.9. The molecule has 0 saturated carbocycles. The Morgan fingerprint density at radius 2 is 1.70 bits per heavy atom. The molecule has 0 fully saturated rings. The Morgan fingerprint density at radius 1 is 1.11 bits per heavy atom. The summed E-state index contributed by atoms with van der Waals surface area (Å²) in [6.07, 6.45) is 1.64. The first-order chi connectivity index (χ1) is 12.9. The molecule has 0 radical (unpaired) electrons. The monoisotopic (exact) mass is 494 g/mol. The topological polar surface area (TPSA) is 56.7 Å². The van der Waals surface area contributed by atoms with Gasteiger partial charge in [0, 0.05) is 33.4 Å². The zero-order valence-corrected chi connectivity index (χ0v) is 18.9. The van der Waals surface area contributed by atoms with Gasteiger partial charge in [0.25, 0.3) is 5.91 Å². The molecule has 0 spiro atoms. The average Bonchev–Trinajstić information content (AvgIpc) is 2.66. The molecule has 0 aromatic heterocycles. The molecular weight excluding hydrogens is 472 g/mol. The van der Waals surface area contributed by atoms with Crippen molar-refractivity contribution < 1.29 is 4.79 Å². The molecule has 144 valence electrons. The van der Waals surface area contributed by atoms with Crippen molar-refractivity contribution in [3.63, 3.8) is 0 Å². The molecule has 0 aliphatic rings. The minimum atomic E-state index is -0.209. The first kappa shape index (κ1) is 21.4. The average molecular weight is 496 g/mol. The Morgan fingerprint density at radius 3 is 2.26 bits per heavy atom. The van der Waals surface area contributed by atoms with Gasteiger partial charge in [-0.15, -0.1) is 0 Å². The van der Waals surface area contributed by atoms with Crippen molar-refractivity contribution >= 4 is 55.4 Å². The number of halogens is 2. The van der Waals surface area contributed by atoms with Crippen LogP contribution in [0.3, 0.4) is 0 Å². The molecule has 0 aliphatic heterocycles. The van der Waals surface area contributed by atoms with Gasteiger partial charge in [0.15, 0.2) is 0 Å². The van der Waals surface area contributed by atoms with Gasteiger partial charge in [0.2, 0.25) is 0 Å². The van der Waals surface area contributed by atoms with Crippen LogP contribution in [0.15, 0.2) is 50.4 Å². The Balaban J connectivity index is 1.84. The zero-order chi connectivity index (χ0) is 19.8. The highest BCUT2D eigenvalue weighted by Gasteiger charge is 2.05. The Kier molecular flexibility index (Phi) is 8.31. The number of hydrogen-bond acceptors (Lipinski definition) is 4. The number of carbonyl (C=O) groups excluding carboxylic acids is 1. The number of nitrogens with zero attached hydrogens (tertiary/aromatic N) is 2. The van der Waals surface area contributed by atoms with Gasteiger partial charge in [0.1, 0.15) is 0 Å². The summed E-state index contributed by atoms with van der Waals surface area (Å²) < 4.78 is 1.96. The number of nitrogens with one attached hydrogen (secondary N) is 2. The van der Waals surface area contributed by atoms with Crippen LogP contribution in [0.25, 0.3) is 0 Å². The van der Waals surface area contributed by atoms with Crippen molar-refractivity contribution in [3.8, 4) is 0 Å². The number of carbonyl (C=O) groups is 1. The van der Waals surface area contributed by atoms with Crippen LogP contribution in [-0.4, -0.2) is 31.8 Å². The molecule has 27 heavy (non-hydrogen) atoms. The van der Waals surface area contributed by atoms with Crippen LogP contribution in [0.1, 0.15) is 25.0 Å². The summed E-state index contributed by atoms with van der Waals surface area (Å²) in [6.45, 7) is 8.36. The van der Waals surface area contributed by atoms with E-state index in [1.54, 1.807) is 6.21 Å².